The Labute approximate surface area is 112 Å². The van der Waals surface area contributed by atoms with Crippen molar-refractivity contribution >= 4 is 21.4 Å². The number of rotatable bonds is 5. The lowest BCUT2D eigenvalue weighted by Gasteiger charge is -2.18. The van der Waals surface area contributed by atoms with Crippen LogP contribution in [-0.4, -0.2) is 32.7 Å². The second kappa shape index (κ2) is 5.43. The maximum absolute atomic E-state index is 11.5. The number of hydrogen-bond donors (Lipinski definition) is 0. The van der Waals surface area contributed by atoms with Crippen LogP contribution in [0.4, 0.5) is 11.4 Å². The van der Waals surface area contributed by atoms with Crippen LogP contribution >= 0.6 is 0 Å². The Kier molecular flexibility index (Phi) is 4.35. The van der Waals surface area contributed by atoms with Crippen molar-refractivity contribution in [3.63, 3.8) is 0 Å². The third-order valence-corrected chi connectivity index (χ3v) is 3.54. The molecule has 19 heavy (non-hydrogen) atoms. The van der Waals surface area contributed by atoms with Gasteiger partial charge in [0.2, 0.25) is 10.0 Å². The van der Waals surface area contributed by atoms with Gasteiger partial charge in [-0.1, -0.05) is 0 Å². The maximum atomic E-state index is 11.5. The van der Waals surface area contributed by atoms with Crippen molar-refractivity contribution in [2.75, 3.05) is 17.6 Å². The van der Waals surface area contributed by atoms with E-state index in [2.05, 4.69) is 0 Å². The molecule has 1 aromatic carbocycles. The van der Waals surface area contributed by atoms with Crippen LogP contribution in [0.15, 0.2) is 18.2 Å². The molecule has 0 aliphatic rings. The topological polar surface area (TPSA) is 89.8 Å². The molecule has 1 rings (SSSR count). The van der Waals surface area contributed by atoms with Crippen molar-refractivity contribution in [2.45, 2.75) is 20.0 Å². The molecule has 0 aliphatic carbocycles. The van der Waals surface area contributed by atoms with E-state index in [4.69, 9.17) is 4.74 Å². The molecule has 0 heterocycles. The van der Waals surface area contributed by atoms with Crippen molar-refractivity contribution in [1.82, 2.24) is 0 Å². The van der Waals surface area contributed by atoms with Gasteiger partial charge in [0.05, 0.1) is 17.3 Å². The molecule has 7 nitrogen and oxygen atoms in total. The van der Waals surface area contributed by atoms with E-state index in [0.29, 0.717) is 5.75 Å². The standard InChI is InChI=1S/C11H16N2O5S/c1-8(2)18-9-5-6-10(13(14)15)11(7-9)12(3)19(4,16)17/h5-8H,1-4H3. The zero-order valence-corrected chi connectivity index (χ0v) is 12.0. The Hall–Kier alpha value is -1.83. The average molecular weight is 288 g/mol. The summed E-state index contributed by atoms with van der Waals surface area (Å²) in [6.45, 7) is 3.61. The lowest BCUT2D eigenvalue weighted by atomic mass is 10.2. The molecule has 0 unspecified atom stereocenters. The Morgan fingerprint density at radius 2 is 1.95 bits per heavy atom. The zero-order chi connectivity index (χ0) is 14.8. The van der Waals surface area contributed by atoms with Crippen LogP contribution in [0, 0.1) is 10.1 Å². The van der Waals surface area contributed by atoms with Gasteiger partial charge in [-0.3, -0.25) is 14.4 Å². The van der Waals surface area contributed by atoms with E-state index in [-0.39, 0.29) is 17.5 Å². The first-order valence-corrected chi connectivity index (χ1v) is 7.36. The fourth-order valence-electron chi connectivity index (χ4n) is 1.43. The minimum absolute atomic E-state index is 0.0225. The van der Waals surface area contributed by atoms with Gasteiger partial charge < -0.3 is 4.74 Å². The van der Waals surface area contributed by atoms with Gasteiger partial charge in [0.25, 0.3) is 5.69 Å². The second-order valence-corrected chi connectivity index (χ2v) is 6.32. The van der Waals surface area contributed by atoms with Gasteiger partial charge in [-0.25, -0.2) is 8.42 Å². The van der Waals surface area contributed by atoms with E-state index in [1.807, 2.05) is 0 Å². The molecule has 8 heteroatoms. The third kappa shape index (κ3) is 3.82. The molecule has 0 atom stereocenters. The number of anilines is 1. The predicted octanol–water partition coefficient (Wildman–Crippen LogP) is 1.78. The van der Waals surface area contributed by atoms with Crippen LogP contribution in [0.25, 0.3) is 0 Å². The third-order valence-electron chi connectivity index (χ3n) is 2.35. The quantitative estimate of drug-likeness (QED) is 0.608. The molecule has 0 bridgehead atoms. The molecule has 0 radical (unpaired) electrons. The average Bonchev–Trinajstić information content (AvgIpc) is 2.25. The number of ether oxygens (including phenoxy) is 1. The normalized spacial score (nSPS) is 11.4. The van der Waals surface area contributed by atoms with Crippen LogP contribution < -0.4 is 9.04 Å². The summed E-state index contributed by atoms with van der Waals surface area (Å²) in [5, 5.41) is 10.9. The Balaban J connectivity index is 3.35. The number of nitro groups is 1. The summed E-state index contributed by atoms with van der Waals surface area (Å²) in [5.41, 5.74) is -0.310. The largest absolute Gasteiger partial charge is 0.491 e. The van der Waals surface area contributed by atoms with Crippen molar-refractivity contribution < 1.29 is 18.1 Å². The van der Waals surface area contributed by atoms with Crippen LogP contribution in [0.3, 0.4) is 0 Å². The number of benzene rings is 1. The molecule has 0 aliphatic heterocycles. The molecule has 0 fully saturated rings. The first-order chi connectivity index (χ1) is 8.62. The molecular formula is C11H16N2O5S. The highest BCUT2D eigenvalue weighted by molar-refractivity contribution is 7.92. The van der Waals surface area contributed by atoms with Crippen LogP contribution in [0.2, 0.25) is 0 Å². The Morgan fingerprint density at radius 1 is 1.37 bits per heavy atom. The molecule has 0 amide bonds. The Bertz CT molecular complexity index is 583. The lowest BCUT2D eigenvalue weighted by Crippen LogP contribution is -2.25. The number of hydrogen-bond acceptors (Lipinski definition) is 5. The van der Waals surface area contributed by atoms with E-state index in [1.165, 1.54) is 25.2 Å². The molecule has 1 aromatic rings. The van der Waals surface area contributed by atoms with Gasteiger partial charge in [-0.2, -0.15) is 0 Å². The van der Waals surface area contributed by atoms with Crippen LogP contribution in [0.5, 0.6) is 5.75 Å². The fraction of sp³-hybridized carbons (Fsp3) is 0.455. The van der Waals surface area contributed by atoms with Gasteiger partial charge in [0, 0.05) is 19.2 Å². The number of nitro benzene ring substituents is 1. The van der Waals surface area contributed by atoms with Gasteiger partial charge >= 0.3 is 0 Å². The summed E-state index contributed by atoms with van der Waals surface area (Å²) in [4.78, 5) is 10.3. The molecule has 0 saturated heterocycles. The summed E-state index contributed by atoms with van der Waals surface area (Å²) in [7, 11) is -2.32. The summed E-state index contributed by atoms with van der Waals surface area (Å²) < 4.78 is 29.3. The summed E-state index contributed by atoms with van der Waals surface area (Å²) in [6, 6.07) is 4.02. The molecule has 0 aromatic heterocycles. The van der Waals surface area contributed by atoms with Gasteiger partial charge in [-0.15, -0.1) is 0 Å². The molecule has 0 spiro atoms. The summed E-state index contributed by atoms with van der Waals surface area (Å²) >= 11 is 0. The molecule has 106 valence electrons. The number of nitrogens with zero attached hydrogens (tertiary/aromatic N) is 2. The summed E-state index contributed by atoms with van der Waals surface area (Å²) in [6.07, 6.45) is 0.866. The molecule has 0 saturated carbocycles. The Morgan fingerprint density at radius 3 is 2.37 bits per heavy atom. The first-order valence-electron chi connectivity index (χ1n) is 5.52. The molecule has 0 N–H and O–H groups in total. The first kappa shape index (κ1) is 15.2. The van der Waals surface area contributed by atoms with E-state index in [1.54, 1.807) is 13.8 Å². The van der Waals surface area contributed by atoms with E-state index in [9.17, 15) is 18.5 Å². The van der Waals surface area contributed by atoms with Crippen molar-refractivity contribution in [2.24, 2.45) is 0 Å². The minimum atomic E-state index is -3.58. The lowest BCUT2D eigenvalue weighted by molar-refractivity contribution is -0.384. The molecular weight excluding hydrogens is 272 g/mol. The SMILES string of the molecule is CC(C)Oc1ccc([N+](=O)[O-])c(N(C)S(C)(=O)=O)c1. The minimum Gasteiger partial charge on any atom is -0.491 e. The zero-order valence-electron chi connectivity index (χ0n) is 11.2. The van der Waals surface area contributed by atoms with E-state index < -0.39 is 14.9 Å². The highest BCUT2D eigenvalue weighted by atomic mass is 32.2. The van der Waals surface area contributed by atoms with E-state index in [0.717, 1.165) is 10.6 Å². The van der Waals surface area contributed by atoms with Gasteiger partial charge in [0.15, 0.2) is 0 Å². The van der Waals surface area contributed by atoms with Crippen LogP contribution in [-0.2, 0) is 10.0 Å². The smallest absolute Gasteiger partial charge is 0.293 e. The predicted molar refractivity (Wildman–Crippen MR) is 72.1 cm³/mol. The van der Waals surface area contributed by atoms with Gasteiger partial charge in [-0.05, 0) is 19.9 Å². The van der Waals surface area contributed by atoms with Gasteiger partial charge in [0.1, 0.15) is 11.4 Å². The highest BCUT2D eigenvalue weighted by Crippen LogP contribution is 2.33. The monoisotopic (exact) mass is 288 g/mol. The van der Waals surface area contributed by atoms with Crippen molar-refractivity contribution in [1.29, 1.82) is 0 Å². The number of sulfonamides is 1. The van der Waals surface area contributed by atoms with Crippen molar-refractivity contribution in [3.05, 3.63) is 28.3 Å². The maximum Gasteiger partial charge on any atom is 0.293 e. The summed E-state index contributed by atoms with van der Waals surface area (Å²) in [5.74, 6) is 0.381. The van der Waals surface area contributed by atoms with Crippen LogP contribution in [0.1, 0.15) is 13.8 Å². The van der Waals surface area contributed by atoms with Crippen molar-refractivity contribution in [3.8, 4) is 5.75 Å². The van der Waals surface area contributed by atoms with E-state index >= 15 is 0 Å². The second-order valence-electron chi connectivity index (χ2n) is 4.30. The highest BCUT2D eigenvalue weighted by Gasteiger charge is 2.23. The fourth-order valence-corrected chi connectivity index (χ4v) is 1.94.